The molecule has 146 valence electrons. The number of rotatable bonds is 2. The van der Waals surface area contributed by atoms with Gasteiger partial charge in [-0.1, -0.05) is 13.0 Å². The SMILES string of the molecule is CCn1nccc1/C=C1\C[C@@H]2[C@@H]3CCc4cc(O)ccc4[C@H]3CC[C@]2(C)C1=O. The average Bonchev–Trinajstić information content (AvgIpc) is 3.24. The molecule has 28 heavy (non-hydrogen) atoms. The summed E-state index contributed by atoms with van der Waals surface area (Å²) in [6.07, 6.45) is 8.95. The van der Waals surface area contributed by atoms with Crippen molar-refractivity contribution >= 4 is 11.9 Å². The summed E-state index contributed by atoms with van der Waals surface area (Å²) >= 11 is 0. The van der Waals surface area contributed by atoms with Crippen LogP contribution in [-0.2, 0) is 17.8 Å². The summed E-state index contributed by atoms with van der Waals surface area (Å²) < 4.78 is 1.96. The second kappa shape index (κ2) is 6.33. The third-order valence-corrected chi connectivity index (χ3v) is 7.72. The van der Waals surface area contributed by atoms with Gasteiger partial charge in [0.05, 0.1) is 5.69 Å². The number of ketones is 1. The minimum absolute atomic E-state index is 0.224. The third-order valence-electron chi connectivity index (χ3n) is 7.72. The summed E-state index contributed by atoms with van der Waals surface area (Å²) in [7, 11) is 0. The van der Waals surface area contributed by atoms with Crippen LogP contribution >= 0.6 is 0 Å². The molecule has 2 saturated carbocycles. The summed E-state index contributed by atoms with van der Waals surface area (Å²) in [6, 6.07) is 7.89. The van der Waals surface area contributed by atoms with Crippen LogP contribution in [0.25, 0.3) is 6.08 Å². The van der Waals surface area contributed by atoms with E-state index in [1.807, 2.05) is 29.1 Å². The maximum atomic E-state index is 13.4. The summed E-state index contributed by atoms with van der Waals surface area (Å²) in [5, 5.41) is 14.2. The van der Waals surface area contributed by atoms with Crippen LogP contribution in [0.15, 0.2) is 36.0 Å². The fraction of sp³-hybridized carbons (Fsp3) is 0.500. The van der Waals surface area contributed by atoms with Crippen LogP contribution in [-0.4, -0.2) is 20.7 Å². The van der Waals surface area contributed by atoms with Gasteiger partial charge >= 0.3 is 0 Å². The van der Waals surface area contributed by atoms with Crippen LogP contribution in [0.5, 0.6) is 5.75 Å². The molecule has 4 nitrogen and oxygen atoms in total. The lowest BCUT2D eigenvalue weighted by atomic mass is 9.55. The number of Topliss-reactive ketones (excluding diaryl/α,β-unsaturated/α-hetero) is 1. The molecule has 4 atom stereocenters. The number of phenols is 1. The van der Waals surface area contributed by atoms with Crippen LogP contribution in [0.2, 0.25) is 0 Å². The van der Waals surface area contributed by atoms with Crippen molar-refractivity contribution in [2.24, 2.45) is 17.3 Å². The Morgan fingerprint density at radius 1 is 1.32 bits per heavy atom. The Bertz CT molecular complexity index is 973. The number of nitrogens with zero attached hydrogens (tertiary/aromatic N) is 2. The molecular formula is C24H28N2O2. The number of aromatic hydroxyl groups is 1. The number of hydrogen-bond donors (Lipinski definition) is 1. The number of hydrogen-bond acceptors (Lipinski definition) is 3. The number of phenolic OH excluding ortho intramolecular Hbond substituents is 1. The van der Waals surface area contributed by atoms with E-state index in [4.69, 9.17) is 0 Å². The van der Waals surface area contributed by atoms with E-state index < -0.39 is 0 Å². The van der Waals surface area contributed by atoms with Gasteiger partial charge in [0.1, 0.15) is 5.75 Å². The van der Waals surface area contributed by atoms with Gasteiger partial charge < -0.3 is 5.11 Å². The summed E-state index contributed by atoms with van der Waals surface area (Å²) in [5.41, 5.74) is 4.51. The molecule has 0 amide bonds. The van der Waals surface area contributed by atoms with Gasteiger partial charge in [-0.05, 0) is 97.8 Å². The number of carbonyl (C=O) groups excluding carboxylic acids is 1. The highest BCUT2D eigenvalue weighted by molar-refractivity contribution is 6.05. The van der Waals surface area contributed by atoms with Gasteiger partial charge in [0.15, 0.2) is 5.78 Å². The summed E-state index contributed by atoms with van der Waals surface area (Å²) in [5.74, 6) is 2.23. The zero-order valence-electron chi connectivity index (χ0n) is 16.7. The first-order valence-electron chi connectivity index (χ1n) is 10.6. The van der Waals surface area contributed by atoms with Crippen LogP contribution in [0.3, 0.4) is 0 Å². The molecule has 3 aliphatic rings. The van der Waals surface area contributed by atoms with Crippen LogP contribution in [0.4, 0.5) is 0 Å². The lowest BCUT2D eigenvalue weighted by molar-refractivity contribution is -0.127. The molecule has 3 aliphatic carbocycles. The molecule has 0 bridgehead atoms. The Morgan fingerprint density at radius 2 is 2.18 bits per heavy atom. The van der Waals surface area contributed by atoms with Crippen molar-refractivity contribution in [3.8, 4) is 5.75 Å². The van der Waals surface area contributed by atoms with Crippen molar-refractivity contribution < 1.29 is 9.90 Å². The normalized spacial score (nSPS) is 32.9. The van der Waals surface area contributed by atoms with E-state index in [-0.39, 0.29) is 5.41 Å². The summed E-state index contributed by atoms with van der Waals surface area (Å²) in [4.78, 5) is 13.4. The molecule has 1 heterocycles. The fourth-order valence-electron chi connectivity index (χ4n) is 6.28. The van der Waals surface area contributed by atoms with Gasteiger partial charge in [-0.3, -0.25) is 9.48 Å². The van der Waals surface area contributed by atoms with Gasteiger partial charge in [0.2, 0.25) is 0 Å². The average molecular weight is 377 g/mol. The Morgan fingerprint density at radius 3 is 3.00 bits per heavy atom. The molecule has 1 N–H and O–H groups in total. The zero-order chi connectivity index (χ0) is 19.5. The largest absolute Gasteiger partial charge is 0.508 e. The van der Waals surface area contributed by atoms with Crippen molar-refractivity contribution in [1.82, 2.24) is 9.78 Å². The molecule has 4 heteroatoms. The first kappa shape index (κ1) is 17.7. The molecule has 2 aromatic rings. The maximum absolute atomic E-state index is 13.4. The highest BCUT2D eigenvalue weighted by atomic mass is 16.3. The highest BCUT2D eigenvalue weighted by Gasteiger charge is 2.56. The van der Waals surface area contributed by atoms with E-state index in [1.54, 1.807) is 0 Å². The van der Waals surface area contributed by atoms with Gasteiger partial charge in [-0.15, -0.1) is 0 Å². The van der Waals surface area contributed by atoms with Gasteiger partial charge in [-0.2, -0.15) is 5.10 Å². The number of aromatic nitrogens is 2. The number of carbonyl (C=O) groups is 1. The Balaban J connectivity index is 1.49. The number of benzene rings is 1. The molecular weight excluding hydrogens is 348 g/mol. The molecule has 0 saturated heterocycles. The molecule has 5 rings (SSSR count). The smallest absolute Gasteiger partial charge is 0.165 e. The van der Waals surface area contributed by atoms with Crippen molar-refractivity contribution in [3.63, 3.8) is 0 Å². The van der Waals surface area contributed by atoms with Crippen molar-refractivity contribution in [2.75, 3.05) is 0 Å². The number of fused-ring (bicyclic) bond motifs is 5. The predicted molar refractivity (Wildman–Crippen MR) is 109 cm³/mol. The van der Waals surface area contributed by atoms with Crippen LogP contribution in [0.1, 0.15) is 62.3 Å². The van der Waals surface area contributed by atoms with Crippen LogP contribution < -0.4 is 0 Å². The van der Waals surface area contributed by atoms with Gasteiger partial charge in [0, 0.05) is 18.2 Å². The van der Waals surface area contributed by atoms with E-state index in [0.29, 0.717) is 29.3 Å². The second-order valence-corrected chi connectivity index (χ2v) is 9.03. The van der Waals surface area contributed by atoms with E-state index >= 15 is 0 Å². The van der Waals surface area contributed by atoms with E-state index in [0.717, 1.165) is 49.9 Å². The lowest BCUT2D eigenvalue weighted by Crippen LogP contribution is -2.42. The van der Waals surface area contributed by atoms with Crippen molar-refractivity contribution in [2.45, 2.75) is 58.4 Å². The molecule has 0 aliphatic heterocycles. The standard InChI is InChI=1S/C24H28N2O2/c1-3-26-17(9-11-25-26)12-16-14-22-21-6-4-15-13-18(27)5-7-19(15)20(21)8-10-24(22,2)23(16)28/h5,7,9,11-13,20-22,27H,3-4,6,8,10,14H2,1-2H3/b16-12+/t20-,21-,22-,24+/m1/s1. The van der Waals surface area contributed by atoms with E-state index in [1.165, 1.54) is 11.1 Å². The zero-order valence-corrected chi connectivity index (χ0v) is 16.7. The molecule has 1 aromatic carbocycles. The Labute approximate surface area is 166 Å². The van der Waals surface area contributed by atoms with E-state index in [9.17, 15) is 9.90 Å². The van der Waals surface area contributed by atoms with Crippen molar-refractivity contribution in [1.29, 1.82) is 0 Å². The van der Waals surface area contributed by atoms with Crippen LogP contribution in [0, 0.1) is 17.3 Å². The maximum Gasteiger partial charge on any atom is 0.165 e. The first-order valence-corrected chi connectivity index (χ1v) is 10.6. The van der Waals surface area contributed by atoms with Crippen molar-refractivity contribution in [3.05, 3.63) is 52.9 Å². The lowest BCUT2D eigenvalue weighted by Gasteiger charge is -2.48. The quantitative estimate of drug-likeness (QED) is 0.771. The molecule has 2 fully saturated rings. The molecule has 0 spiro atoms. The minimum Gasteiger partial charge on any atom is -0.508 e. The van der Waals surface area contributed by atoms with Gasteiger partial charge in [0.25, 0.3) is 0 Å². The minimum atomic E-state index is -0.224. The van der Waals surface area contributed by atoms with Gasteiger partial charge in [-0.25, -0.2) is 0 Å². The molecule has 0 radical (unpaired) electrons. The first-order chi connectivity index (χ1) is 13.5. The monoisotopic (exact) mass is 376 g/mol. The Hall–Kier alpha value is -2.36. The molecule has 0 unspecified atom stereocenters. The summed E-state index contributed by atoms with van der Waals surface area (Å²) in [6.45, 7) is 5.10. The Kier molecular flexibility index (Phi) is 4.01. The second-order valence-electron chi connectivity index (χ2n) is 9.03. The van der Waals surface area contributed by atoms with E-state index in [2.05, 4.69) is 31.1 Å². The highest BCUT2D eigenvalue weighted by Crippen LogP contribution is 2.60. The number of aryl methyl sites for hydroxylation is 2. The fourth-order valence-corrected chi connectivity index (χ4v) is 6.28. The third kappa shape index (κ3) is 2.50. The topological polar surface area (TPSA) is 55.1 Å². The number of allylic oxidation sites excluding steroid dienone is 1. The molecule has 1 aromatic heterocycles. The predicted octanol–water partition coefficient (Wildman–Crippen LogP) is 4.73.